The fourth-order valence-electron chi connectivity index (χ4n) is 2.87. The fourth-order valence-corrected chi connectivity index (χ4v) is 2.87. The Kier molecular flexibility index (Phi) is 4.02. The van der Waals surface area contributed by atoms with Gasteiger partial charge in [-0.25, -0.2) is 4.68 Å². The van der Waals surface area contributed by atoms with Crippen LogP contribution in [-0.4, -0.2) is 23.8 Å². The van der Waals surface area contributed by atoms with E-state index in [9.17, 15) is 4.79 Å². The van der Waals surface area contributed by atoms with Crippen molar-refractivity contribution in [1.29, 1.82) is 0 Å². The van der Waals surface area contributed by atoms with Gasteiger partial charge in [-0.15, -0.1) is 0 Å². The molecule has 2 aromatic rings. The Morgan fingerprint density at radius 3 is 2.95 bits per heavy atom. The number of rotatable bonds is 4. The van der Waals surface area contributed by atoms with Crippen molar-refractivity contribution in [1.82, 2.24) is 9.99 Å². The van der Waals surface area contributed by atoms with Crippen molar-refractivity contribution in [3.05, 3.63) is 46.8 Å². The van der Waals surface area contributed by atoms with Crippen molar-refractivity contribution in [3.8, 4) is 0 Å². The van der Waals surface area contributed by atoms with Crippen LogP contribution in [0.1, 0.15) is 25.7 Å². The van der Waals surface area contributed by atoms with Crippen LogP contribution >= 0.6 is 0 Å². The maximum atomic E-state index is 12.0. The first-order valence-electron chi connectivity index (χ1n) is 7.43. The molecule has 1 fully saturated rings. The Balaban J connectivity index is 1.70. The Hall–Kier alpha value is -1.81. The van der Waals surface area contributed by atoms with Crippen molar-refractivity contribution < 1.29 is 0 Å². The predicted molar refractivity (Wildman–Crippen MR) is 82.7 cm³/mol. The van der Waals surface area contributed by atoms with Crippen molar-refractivity contribution in [3.63, 3.8) is 0 Å². The SMILES string of the molecule is O=c1ccc2ccccc2n1NCCC1CCCCN1. The first kappa shape index (κ1) is 13.2. The van der Waals surface area contributed by atoms with Crippen LogP contribution in [0.5, 0.6) is 0 Å². The molecule has 0 saturated carbocycles. The van der Waals surface area contributed by atoms with Crippen LogP contribution in [-0.2, 0) is 0 Å². The molecule has 1 aliphatic rings. The quantitative estimate of drug-likeness (QED) is 0.895. The molecular formula is C16H21N3O. The van der Waals surface area contributed by atoms with Crippen molar-refractivity contribution in [2.24, 2.45) is 0 Å². The molecule has 2 heterocycles. The summed E-state index contributed by atoms with van der Waals surface area (Å²) < 4.78 is 1.66. The summed E-state index contributed by atoms with van der Waals surface area (Å²) in [6.45, 7) is 1.93. The highest BCUT2D eigenvalue weighted by molar-refractivity contribution is 5.78. The summed E-state index contributed by atoms with van der Waals surface area (Å²) >= 11 is 0. The molecule has 1 aliphatic heterocycles. The molecule has 1 aromatic carbocycles. The maximum Gasteiger partial charge on any atom is 0.269 e. The van der Waals surface area contributed by atoms with Crippen LogP contribution in [0.4, 0.5) is 0 Å². The first-order chi connectivity index (χ1) is 9.84. The molecule has 1 aromatic heterocycles. The van der Waals surface area contributed by atoms with Crippen LogP contribution in [0.2, 0.25) is 0 Å². The molecule has 106 valence electrons. The van der Waals surface area contributed by atoms with E-state index in [1.165, 1.54) is 19.3 Å². The highest BCUT2D eigenvalue weighted by atomic mass is 16.1. The van der Waals surface area contributed by atoms with Gasteiger partial charge in [0, 0.05) is 24.0 Å². The number of benzene rings is 1. The van der Waals surface area contributed by atoms with E-state index < -0.39 is 0 Å². The van der Waals surface area contributed by atoms with Gasteiger partial charge in [-0.3, -0.25) is 4.79 Å². The Labute approximate surface area is 118 Å². The van der Waals surface area contributed by atoms with Gasteiger partial charge in [-0.1, -0.05) is 24.6 Å². The monoisotopic (exact) mass is 271 g/mol. The second-order valence-electron chi connectivity index (χ2n) is 5.41. The Morgan fingerprint density at radius 1 is 1.20 bits per heavy atom. The molecule has 0 radical (unpaired) electrons. The number of pyridine rings is 1. The molecule has 1 saturated heterocycles. The molecule has 0 aliphatic carbocycles. The van der Waals surface area contributed by atoms with Gasteiger partial charge in [0.2, 0.25) is 0 Å². The number of hydrogen-bond acceptors (Lipinski definition) is 3. The van der Waals surface area contributed by atoms with Crippen LogP contribution in [0, 0.1) is 0 Å². The molecule has 4 heteroatoms. The second-order valence-corrected chi connectivity index (χ2v) is 5.41. The highest BCUT2D eigenvalue weighted by Gasteiger charge is 2.11. The number of para-hydroxylation sites is 1. The van der Waals surface area contributed by atoms with E-state index in [2.05, 4.69) is 10.7 Å². The van der Waals surface area contributed by atoms with Crippen molar-refractivity contribution in [2.75, 3.05) is 18.5 Å². The lowest BCUT2D eigenvalue weighted by atomic mass is 10.0. The molecule has 2 N–H and O–H groups in total. The van der Waals surface area contributed by atoms with Gasteiger partial charge in [0.15, 0.2) is 0 Å². The molecule has 1 unspecified atom stereocenters. The first-order valence-corrected chi connectivity index (χ1v) is 7.43. The van der Waals surface area contributed by atoms with E-state index in [4.69, 9.17) is 0 Å². The highest BCUT2D eigenvalue weighted by Crippen LogP contribution is 2.11. The fraction of sp³-hybridized carbons (Fsp3) is 0.438. The number of fused-ring (bicyclic) bond motifs is 1. The lowest BCUT2D eigenvalue weighted by Gasteiger charge is -2.24. The van der Waals surface area contributed by atoms with Crippen molar-refractivity contribution in [2.45, 2.75) is 31.7 Å². The topological polar surface area (TPSA) is 46.1 Å². The smallest absolute Gasteiger partial charge is 0.269 e. The third kappa shape index (κ3) is 2.85. The van der Waals surface area contributed by atoms with Gasteiger partial charge in [-0.2, -0.15) is 0 Å². The summed E-state index contributed by atoms with van der Waals surface area (Å²) in [6, 6.07) is 12.0. The zero-order valence-corrected chi connectivity index (χ0v) is 11.6. The number of nitrogens with one attached hydrogen (secondary N) is 2. The van der Waals surface area contributed by atoms with Gasteiger partial charge in [0.05, 0.1) is 5.52 Å². The summed E-state index contributed by atoms with van der Waals surface area (Å²) in [5.74, 6) is 0. The summed E-state index contributed by atoms with van der Waals surface area (Å²) in [6.07, 6.45) is 4.89. The normalized spacial score (nSPS) is 19.1. The summed E-state index contributed by atoms with van der Waals surface area (Å²) in [4.78, 5) is 12.0. The molecule has 0 spiro atoms. The Bertz CT molecular complexity index is 629. The Morgan fingerprint density at radius 2 is 2.10 bits per heavy atom. The summed E-state index contributed by atoms with van der Waals surface area (Å²) in [5, 5.41) is 4.61. The zero-order chi connectivity index (χ0) is 13.8. The number of nitrogens with zero attached hydrogens (tertiary/aromatic N) is 1. The lowest BCUT2D eigenvalue weighted by molar-refractivity contribution is 0.386. The molecular weight excluding hydrogens is 250 g/mol. The van der Waals surface area contributed by atoms with Crippen LogP contribution in [0.15, 0.2) is 41.2 Å². The van der Waals surface area contributed by atoms with Crippen LogP contribution < -0.4 is 16.3 Å². The molecule has 4 nitrogen and oxygen atoms in total. The molecule has 20 heavy (non-hydrogen) atoms. The van der Waals surface area contributed by atoms with E-state index >= 15 is 0 Å². The molecule has 1 atom stereocenters. The van der Waals surface area contributed by atoms with Gasteiger partial charge in [-0.05, 0) is 37.9 Å². The van der Waals surface area contributed by atoms with E-state index in [1.54, 1.807) is 10.7 Å². The average molecular weight is 271 g/mol. The lowest BCUT2D eigenvalue weighted by Crippen LogP contribution is -2.37. The van der Waals surface area contributed by atoms with Gasteiger partial charge in [0.1, 0.15) is 0 Å². The van der Waals surface area contributed by atoms with Crippen molar-refractivity contribution >= 4 is 10.9 Å². The predicted octanol–water partition coefficient (Wildman–Crippen LogP) is 2.08. The minimum Gasteiger partial charge on any atom is -0.323 e. The number of aromatic nitrogens is 1. The molecule has 0 amide bonds. The van der Waals surface area contributed by atoms with E-state index in [1.807, 2.05) is 30.3 Å². The third-order valence-electron chi connectivity index (χ3n) is 3.98. The van der Waals surface area contributed by atoms with Gasteiger partial charge in [0.25, 0.3) is 5.56 Å². The third-order valence-corrected chi connectivity index (χ3v) is 3.98. The zero-order valence-electron chi connectivity index (χ0n) is 11.6. The van der Waals surface area contributed by atoms with Crippen LogP contribution in [0.3, 0.4) is 0 Å². The van der Waals surface area contributed by atoms with E-state index in [-0.39, 0.29) is 5.56 Å². The number of piperidine rings is 1. The summed E-state index contributed by atoms with van der Waals surface area (Å²) in [5.41, 5.74) is 4.21. The summed E-state index contributed by atoms with van der Waals surface area (Å²) in [7, 11) is 0. The second kappa shape index (κ2) is 6.09. The minimum atomic E-state index is 0.000281. The van der Waals surface area contributed by atoms with E-state index in [0.717, 1.165) is 30.4 Å². The van der Waals surface area contributed by atoms with Gasteiger partial charge >= 0.3 is 0 Å². The molecule has 3 rings (SSSR count). The standard InChI is InChI=1S/C16H21N3O/c20-16-9-8-13-5-1-2-7-15(13)19(16)18-12-10-14-6-3-4-11-17-14/h1-2,5,7-9,14,17-18H,3-4,6,10-12H2. The number of hydrogen-bond donors (Lipinski definition) is 2. The minimum absolute atomic E-state index is 0.000281. The molecule has 0 bridgehead atoms. The maximum absolute atomic E-state index is 12.0. The van der Waals surface area contributed by atoms with E-state index in [0.29, 0.717) is 6.04 Å². The largest absolute Gasteiger partial charge is 0.323 e. The van der Waals surface area contributed by atoms with Gasteiger partial charge < -0.3 is 10.7 Å². The van der Waals surface area contributed by atoms with Crippen LogP contribution in [0.25, 0.3) is 10.9 Å². The average Bonchev–Trinajstić information content (AvgIpc) is 2.50.